The number of carbonyl (C=O) groups excluding carboxylic acids is 1. The maximum atomic E-state index is 14.7. The van der Waals surface area contributed by atoms with Crippen LogP contribution in [-0.2, 0) is 4.74 Å². The molecular weight excluding hydrogens is 513 g/mol. The van der Waals surface area contributed by atoms with E-state index in [1.807, 2.05) is 10.6 Å². The Balaban J connectivity index is 1.54. The molecule has 5 aromatic rings. The molecule has 0 spiro atoms. The number of imidazole rings is 1. The molecule has 1 fully saturated rings. The Bertz CT molecular complexity index is 1820. The van der Waals surface area contributed by atoms with E-state index in [0.717, 1.165) is 18.7 Å². The van der Waals surface area contributed by atoms with Crippen LogP contribution in [0.15, 0.2) is 60.9 Å². The molecule has 2 aromatic carbocycles. The molecule has 9 nitrogen and oxygen atoms in total. The summed E-state index contributed by atoms with van der Waals surface area (Å²) < 4.78 is 21.9. The largest absolute Gasteiger partial charge is 0.478 e. The third kappa shape index (κ3) is 4.72. The zero-order valence-electron chi connectivity index (χ0n) is 22.1. The number of rotatable bonds is 5. The van der Waals surface area contributed by atoms with Gasteiger partial charge in [0.05, 0.1) is 16.8 Å². The molecule has 1 aliphatic carbocycles. The number of nitrogens with one attached hydrogen (secondary N) is 1. The summed E-state index contributed by atoms with van der Waals surface area (Å²) in [5, 5.41) is 13.4. The van der Waals surface area contributed by atoms with Crippen LogP contribution in [0.5, 0.6) is 0 Å². The molecule has 0 bridgehead atoms. The van der Waals surface area contributed by atoms with E-state index in [1.165, 1.54) is 12.3 Å². The van der Waals surface area contributed by atoms with Crippen molar-refractivity contribution in [3.63, 3.8) is 0 Å². The number of amides is 1. The zero-order valence-corrected chi connectivity index (χ0v) is 22.1. The molecule has 0 radical (unpaired) electrons. The second-order valence-corrected chi connectivity index (χ2v) is 10.8. The number of carbonyl (C=O) groups is 2. The lowest BCUT2D eigenvalue weighted by Gasteiger charge is -2.19. The lowest BCUT2D eigenvalue weighted by atomic mass is 10.0. The maximum absolute atomic E-state index is 14.7. The molecule has 1 aliphatic rings. The fraction of sp³-hybridized carbons (Fsp3) is 0.233. The van der Waals surface area contributed by atoms with Gasteiger partial charge in [-0.05, 0) is 81.1 Å². The highest BCUT2D eigenvalue weighted by molar-refractivity contribution is 6.04. The van der Waals surface area contributed by atoms with Crippen molar-refractivity contribution >= 4 is 39.8 Å². The molecule has 3 aromatic heterocycles. The number of aromatic nitrogens is 4. The van der Waals surface area contributed by atoms with Gasteiger partial charge in [-0.1, -0.05) is 12.1 Å². The topological polar surface area (TPSA) is 119 Å². The first-order valence-corrected chi connectivity index (χ1v) is 12.9. The minimum Gasteiger partial charge on any atom is -0.478 e. The number of anilines is 1. The summed E-state index contributed by atoms with van der Waals surface area (Å²) in [7, 11) is 0. The number of carboxylic acids is 1. The Morgan fingerprint density at radius 2 is 1.80 bits per heavy atom. The number of hydrogen-bond donors (Lipinski definition) is 2. The smallest absolute Gasteiger partial charge is 0.413 e. The molecule has 40 heavy (non-hydrogen) atoms. The summed E-state index contributed by atoms with van der Waals surface area (Å²) in [6.07, 6.45) is 4.28. The second-order valence-electron chi connectivity index (χ2n) is 10.8. The Morgan fingerprint density at radius 1 is 1.02 bits per heavy atom. The highest BCUT2D eigenvalue weighted by atomic mass is 19.1. The molecule has 1 amide bonds. The first-order valence-electron chi connectivity index (χ1n) is 12.9. The lowest BCUT2D eigenvalue weighted by molar-refractivity contribution is 0.0633. The van der Waals surface area contributed by atoms with Gasteiger partial charge in [-0.25, -0.2) is 23.9 Å². The maximum Gasteiger partial charge on any atom is 0.413 e. The molecule has 0 saturated heterocycles. The van der Waals surface area contributed by atoms with E-state index in [9.17, 15) is 19.1 Å². The van der Waals surface area contributed by atoms with Crippen molar-refractivity contribution in [2.75, 3.05) is 5.32 Å². The van der Waals surface area contributed by atoms with E-state index >= 15 is 0 Å². The van der Waals surface area contributed by atoms with Crippen molar-refractivity contribution in [1.29, 1.82) is 0 Å². The van der Waals surface area contributed by atoms with E-state index in [4.69, 9.17) is 9.72 Å². The van der Waals surface area contributed by atoms with Crippen LogP contribution in [-0.4, -0.2) is 42.3 Å². The summed E-state index contributed by atoms with van der Waals surface area (Å²) in [6, 6.07) is 13.4. The van der Waals surface area contributed by atoms with E-state index in [0.29, 0.717) is 33.2 Å². The van der Waals surface area contributed by atoms with Gasteiger partial charge in [-0.3, -0.25) is 14.9 Å². The van der Waals surface area contributed by atoms with Gasteiger partial charge in [-0.15, -0.1) is 0 Å². The van der Waals surface area contributed by atoms with Gasteiger partial charge in [0, 0.05) is 23.7 Å². The lowest BCUT2D eigenvalue weighted by Crippen LogP contribution is -2.27. The average Bonchev–Trinajstić information content (AvgIpc) is 3.67. The van der Waals surface area contributed by atoms with Crippen LogP contribution >= 0.6 is 0 Å². The van der Waals surface area contributed by atoms with Crippen molar-refractivity contribution in [1.82, 2.24) is 19.5 Å². The number of ether oxygens (including phenoxy) is 1. The number of aromatic carboxylic acids is 1. The molecule has 3 heterocycles. The van der Waals surface area contributed by atoms with E-state index in [1.54, 1.807) is 63.4 Å². The molecule has 0 aliphatic heterocycles. The van der Waals surface area contributed by atoms with Crippen LogP contribution in [0, 0.1) is 5.82 Å². The first-order chi connectivity index (χ1) is 19.1. The molecular formula is C30H26FN5O4. The van der Waals surface area contributed by atoms with Gasteiger partial charge in [0.1, 0.15) is 34.1 Å². The quantitative estimate of drug-likeness (QED) is 0.255. The second kappa shape index (κ2) is 9.41. The average molecular weight is 540 g/mol. The summed E-state index contributed by atoms with van der Waals surface area (Å²) in [5.41, 5.74) is 2.41. The highest BCUT2D eigenvalue weighted by Gasteiger charge is 2.32. The predicted octanol–water partition coefficient (Wildman–Crippen LogP) is 6.70. The number of pyridine rings is 2. The zero-order chi connectivity index (χ0) is 28.2. The molecule has 0 unspecified atom stereocenters. The standard InChI is InChI=1S/C30H26FN5O4/c1-30(2,3)40-29(39)34-24-15-17(9-11-32-24)18-13-20(28(37)38)26-23(14-18)36(27(35-26)16-7-8-16)22-10-12-33-25-19(22)5-4-6-21(25)31/h4-6,9-16H,7-8H2,1-3H3,(H,37,38)(H,32,34,39). The van der Waals surface area contributed by atoms with Crippen LogP contribution < -0.4 is 5.32 Å². The first kappa shape index (κ1) is 25.4. The van der Waals surface area contributed by atoms with Crippen molar-refractivity contribution in [2.45, 2.75) is 45.1 Å². The summed E-state index contributed by atoms with van der Waals surface area (Å²) >= 11 is 0. The van der Waals surface area contributed by atoms with Gasteiger partial charge in [-0.2, -0.15) is 0 Å². The number of fused-ring (bicyclic) bond motifs is 2. The molecule has 10 heteroatoms. The van der Waals surface area contributed by atoms with E-state index in [2.05, 4.69) is 15.3 Å². The fourth-order valence-corrected chi connectivity index (χ4v) is 4.80. The minimum absolute atomic E-state index is 0.0381. The SMILES string of the molecule is CC(C)(C)OC(=O)Nc1cc(-c2cc(C(=O)O)c3nc(C4CC4)n(-c4ccnc5c(F)cccc45)c3c2)ccn1. The van der Waals surface area contributed by atoms with Gasteiger partial charge < -0.3 is 9.84 Å². The van der Waals surface area contributed by atoms with E-state index in [-0.39, 0.29) is 22.8 Å². The molecule has 202 valence electrons. The van der Waals surface area contributed by atoms with Crippen molar-refractivity contribution in [3.8, 4) is 16.8 Å². The van der Waals surface area contributed by atoms with Crippen molar-refractivity contribution < 1.29 is 23.8 Å². The Hall–Kier alpha value is -4.86. The Morgan fingerprint density at radius 3 is 2.52 bits per heavy atom. The van der Waals surface area contributed by atoms with Crippen molar-refractivity contribution in [2.24, 2.45) is 0 Å². The van der Waals surface area contributed by atoms with Crippen LogP contribution in [0.25, 0.3) is 38.8 Å². The van der Waals surface area contributed by atoms with Crippen LogP contribution in [0.1, 0.15) is 55.7 Å². The highest BCUT2D eigenvalue weighted by Crippen LogP contribution is 2.43. The van der Waals surface area contributed by atoms with Gasteiger partial charge in [0.25, 0.3) is 0 Å². The van der Waals surface area contributed by atoms with Crippen LogP contribution in [0.2, 0.25) is 0 Å². The normalized spacial score (nSPS) is 13.5. The monoisotopic (exact) mass is 539 g/mol. The predicted molar refractivity (Wildman–Crippen MR) is 148 cm³/mol. The fourth-order valence-electron chi connectivity index (χ4n) is 4.80. The Labute approximate surface area is 228 Å². The number of carboxylic acid groups (broad SMARTS) is 1. The van der Waals surface area contributed by atoms with Crippen LogP contribution in [0.3, 0.4) is 0 Å². The number of halogens is 1. The van der Waals surface area contributed by atoms with Gasteiger partial charge >= 0.3 is 12.1 Å². The Kier molecular flexibility index (Phi) is 5.98. The summed E-state index contributed by atoms with van der Waals surface area (Å²) in [4.78, 5) is 38.0. The van der Waals surface area contributed by atoms with Crippen LogP contribution in [0.4, 0.5) is 15.0 Å². The van der Waals surface area contributed by atoms with E-state index < -0.39 is 23.5 Å². The molecule has 6 rings (SSSR count). The van der Waals surface area contributed by atoms with Gasteiger partial charge in [0.2, 0.25) is 0 Å². The third-order valence-corrected chi connectivity index (χ3v) is 6.62. The number of para-hydroxylation sites is 1. The minimum atomic E-state index is -1.12. The molecule has 0 atom stereocenters. The third-order valence-electron chi connectivity index (χ3n) is 6.62. The van der Waals surface area contributed by atoms with Gasteiger partial charge in [0.15, 0.2) is 0 Å². The summed E-state index contributed by atoms with van der Waals surface area (Å²) in [6.45, 7) is 5.29. The number of nitrogens with zero attached hydrogens (tertiary/aromatic N) is 4. The van der Waals surface area contributed by atoms with Crippen molar-refractivity contribution in [3.05, 3.63) is 78.1 Å². The number of benzene rings is 2. The molecule has 1 saturated carbocycles. The summed E-state index contributed by atoms with van der Waals surface area (Å²) in [5.74, 6) is -0.407. The molecule has 2 N–H and O–H groups in total. The number of hydrogen-bond acceptors (Lipinski definition) is 6.